The van der Waals surface area contributed by atoms with E-state index in [2.05, 4.69) is 27.0 Å². The summed E-state index contributed by atoms with van der Waals surface area (Å²) in [6, 6.07) is 10.2. The second kappa shape index (κ2) is 4.75. The van der Waals surface area contributed by atoms with E-state index in [1.807, 2.05) is 37.6 Å². The predicted molar refractivity (Wildman–Crippen MR) is 61.6 cm³/mol. The van der Waals surface area contributed by atoms with Gasteiger partial charge in [0.1, 0.15) is 5.82 Å². The Morgan fingerprint density at radius 1 is 1.27 bits per heavy atom. The Morgan fingerprint density at radius 2 is 2.07 bits per heavy atom. The summed E-state index contributed by atoms with van der Waals surface area (Å²) < 4.78 is 2.16. The van der Waals surface area contributed by atoms with E-state index in [4.69, 9.17) is 0 Å². The standard InChI is InChI=1S/C12H15N3/c1-13-7-9-15-10-8-14-12(15)11-5-3-2-4-6-11/h2-6,8,10,13H,7,9H2,1H3. The minimum atomic E-state index is 0.945. The molecular formula is C12H15N3. The van der Waals surface area contributed by atoms with Gasteiger partial charge in [0.2, 0.25) is 0 Å². The highest BCUT2D eigenvalue weighted by atomic mass is 15.1. The Hall–Kier alpha value is -1.61. The summed E-state index contributed by atoms with van der Waals surface area (Å²) in [6.45, 7) is 1.90. The summed E-state index contributed by atoms with van der Waals surface area (Å²) in [5.41, 5.74) is 1.17. The first-order valence-electron chi connectivity index (χ1n) is 5.13. The lowest BCUT2D eigenvalue weighted by Crippen LogP contribution is -2.15. The summed E-state index contributed by atoms with van der Waals surface area (Å²) >= 11 is 0. The lowest BCUT2D eigenvalue weighted by atomic mass is 10.2. The van der Waals surface area contributed by atoms with Crippen LogP contribution in [0.1, 0.15) is 0 Å². The Morgan fingerprint density at radius 3 is 2.80 bits per heavy atom. The van der Waals surface area contributed by atoms with Crippen LogP contribution in [0.5, 0.6) is 0 Å². The molecule has 1 aromatic carbocycles. The zero-order valence-electron chi connectivity index (χ0n) is 8.85. The third kappa shape index (κ3) is 2.25. The first-order chi connectivity index (χ1) is 7.42. The molecule has 0 aliphatic rings. The van der Waals surface area contributed by atoms with Crippen molar-refractivity contribution < 1.29 is 0 Å². The highest BCUT2D eigenvalue weighted by Gasteiger charge is 2.03. The Balaban J connectivity index is 2.25. The maximum absolute atomic E-state index is 4.37. The zero-order chi connectivity index (χ0) is 10.5. The maximum atomic E-state index is 4.37. The minimum Gasteiger partial charge on any atom is -0.330 e. The van der Waals surface area contributed by atoms with Crippen LogP contribution in [-0.4, -0.2) is 23.1 Å². The molecule has 1 N–H and O–H groups in total. The zero-order valence-corrected chi connectivity index (χ0v) is 8.85. The van der Waals surface area contributed by atoms with Gasteiger partial charge in [-0.1, -0.05) is 30.3 Å². The van der Waals surface area contributed by atoms with Crippen LogP contribution in [0.2, 0.25) is 0 Å². The molecule has 2 aromatic rings. The van der Waals surface area contributed by atoms with Crippen LogP contribution >= 0.6 is 0 Å². The summed E-state index contributed by atoms with van der Waals surface area (Å²) in [4.78, 5) is 4.37. The smallest absolute Gasteiger partial charge is 0.139 e. The average molecular weight is 201 g/mol. The molecule has 0 radical (unpaired) electrons. The highest BCUT2D eigenvalue weighted by Crippen LogP contribution is 2.16. The minimum absolute atomic E-state index is 0.945. The Bertz CT molecular complexity index is 406. The molecule has 0 bridgehead atoms. The topological polar surface area (TPSA) is 29.9 Å². The lowest BCUT2D eigenvalue weighted by molar-refractivity contribution is 0.649. The quantitative estimate of drug-likeness (QED) is 0.817. The molecule has 0 fully saturated rings. The maximum Gasteiger partial charge on any atom is 0.139 e. The molecule has 3 nitrogen and oxygen atoms in total. The van der Waals surface area contributed by atoms with Gasteiger partial charge in [-0.25, -0.2) is 4.98 Å². The predicted octanol–water partition coefficient (Wildman–Crippen LogP) is 1.77. The molecule has 0 saturated carbocycles. The summed E-state index contributed by atoms with van der Waals surface area (Å²) in [6.07, 6.45) is 3.86. The fourth-order valence-electron chi connectivity index (χ4n) is 1.57. The fraction of sp³-hybridized carbons (Fsp3) is 0.250. The van der Waals surface area contributed by atoms with E-state index in [1.165, 1.54) is 5.56 Å². The molecule has 1 heterocycles. The number of nitrogens with one attached hydrogen (secondary N) is 1. The highest BCUT2D eigenvalue weighted by molar-refractivity contribution is 5.55. The van der Waals surface area contributed by atoms with Gasteiger partial charge >= 0.3 is 0 Å². The van der Waals surface area contributed by atoms with E-state index in [0.717, 1.165) is 18.9 Å². The van der Waals surface area contributed by atoms with Crippen molar-refractivity contribution in [2.24, 2.45) is 0 Å². The third-order valence-electron chi connectivity index (χ3n) is 2.35. The Labute approximate surface area is 89.8 Å². The number of likely N-dealkylation sites (N-methyl/N-ethyl adjacent to an activating group) is 1. The first kappa shape index (κ1) is 9.93. The number of hydrogen-bond donors (Lipinski definition) is 1. The molecule has 0 unspecified atom stereocenters. The van der Waals surface area contributed by atoms with Gasteiger partial charge < -0.3 is 9.88 Å². The van der Waals surface area contributed by atoms with E-state index in [1.54, 1.807) is 0 Å². The van der Waals surface area contributed by atoms with Crippen molar-refractivity contribution >= 4 is 0 Å². The molecule has 1 aromatic heterocycles. The molecule has 15 heavy (non-hydrogen) atoms. The molecular weight excluding hydrogens is 186 g/mol. The van der Waals surface area contributed by atoms with Crippen molar-refractivity contribution in [1.82, 2.24) is 14.9 Å². The molecule has 0 aliphatic carbocycles. The van der Waals surface area contributed by atoms with Gasteiger partial charge in [-0.3, -0.25) is 0 Å². The van der Waals surface area contributed by atoms with Crippen molar-refractivity contribution in [3.05, 3.63) is 42.7 Å². The average Bonchev–Trinajstić information content (AvgIpc) is 2.75. The molecule has 0 atom stereocenters. The van der Waals surface area contributed by atoms with Crippen molar-refractivity contribution in [3.8, 4) is 11.4 Å². The lowest BCUT2D eigenvalue weighted by Gasteiger charge is -2.06. The van der Waals surface area contributed by atoms with Gasteiger partial charge in [0, 0.05) is 31.0 Å². The summed E-state index contributed by atoms with van der Waals surface area (Å²) in [5.74, 6) is 1.03. The van der Waals surface area contributed by atoms with Crippen LogP contribution in [0, 0.1) is 0 Å². The first-order valence-corrected chi connectivity index (χ1v) is 5.13. The van der Waals surface area contributed by atoms with Crippen molar-refractivity contribution in [2.45, 2.75) is 6.54 Å². The van der Waals surface area contributed by atoms with E-state index in [0.29, 0.717) is 0 Å². The third-order valence-corrected chi connectivity index (χ3v) is 2.35. The number of imidazole rings is 1. The van der Waals surface area contributed by atoms with Crippen LogP contribution < -0.4 is 5.32 Å². The number of rotatable bonds is 4. The van der Waals surface area contributed by atoms with Crippen molar-refractivity contribution in [3.63, 3.8) is 0 Å². The van der Waals surface area contributed by atoms with Gasteiger partial charge in [0.15, 0.2) is 0 Å². The molecule has 0 saturated heterocycles. The van der Waals surface area contributed by atoms with Crippen LogP contribution in [-0.2, 0) is 6.54 Å². The molecule has 2 rings (SSSR count). The number of nitrogens with zero attached hydrogens (tertiary/aromatic N) is 2. The van der Waals surface area contributed by atoms with E-state index in [-0.39, 0.29) is 0 Å². The fourth-order valence-corrected chi connectivity index (χ4v) is 1.57. The van der Waals surface area contributed by atoms with Gasteiger partial charge in [0.05, 0.1) is 0 Å². The van der Waals surface area contributed by atoms with Crippen molar-refractivity contribution in [1.29, 1.82) is 0 Å². The van der Waals surface area contributed by atoms with Gasteiger partial charge in [-0.05, 0) is 7.05 Å². The number of benzene rings is 1. The summed E-state index contributed by atoms with van der Waals surface area (Å²) in [5, 5.41) is 3.14. The number of hydrogen-bond acceptors (Lipinski definition) is 2. The van der Waals surface area contributed by atoms with Crippen molar-refractivity contribution in [2.75, 3.05) is 13.6 Å². The molecule has 78 valence electrons. The van der Waals surface area contributed by atoms with Gasteiger partial charge in [-0.2, -0.15) is 0 Å². The summed E-state index contributed by atoms with van der Waals surface area (Å²) in [7, 11) is 1.96. The van der Waals surface area contributed by atoms with Crippen LogP contribution in [0.4, 0.5) is 0 Å². The molecule has 0 aliphatic heterocycles. The van der Waals surface area contributed by atoms with Crippen LogP contribution in [0.3, 0.4) is 0 Å². The van der Waals surface area contributed by atoms with E-state index in [9.17, 15) is 0 Å². The largest absolute Gasteiger partial charge is 0.330 e. The van der Waals surface area contributed by atoms with Gasteiger partial charge in [-0.15, -0.1) is 0 Å². The Kier molecular flexibility index (Phi) is 3.15. The van der Waals surface area contributed by atoms with Crippen LogP contribution in [0.15, 0.2) is 42.7 Å². The number of aromatic nitrogens is 2. The second-order valence-corrected chi connectivity index (χ2v) is 3.41. The SMILES string of the molecule is CNCCn1ccnc1-c1ccccc1. The van der Waals surface area contributed by atoms with Gasteiger partial charge in [0.25, 0.3) is 0 Å². The normalized spacial score (nSPS) is 10.5. The van der Waals surface area contributed by atoms with E-state index >= 15 is 0 Å². The second-order valence-electron chi connectivity index (χ2n) is 3.41. The van der Waals surface area contributed by atoms with E-state index < -0.39 is 0 Å². The van der Waals surface area contributed by atoms with Crippen LogP contribution in [0.25, 0.3) is 11.4 Å². The molecule has 3 heteroatoms. The monoisotopic (exact) mass is 201 g/mol. The molecule has 0 amide bonds. The molecule has 0 spiro atoms.